The van der Waals surface area contributed by atoms with Gasteiger partial charge in [0.1, 0.15) is 12.4 Å². The lowest BCUT2D eigenvalue weighted by Crippen LogP contribution is -2.30. The third kappa shape index (κ3) is 6.25. The molecule has 0 unspecified atom stereocenters. The van der Waals surface area contributed by atoms with Crippen molar-refractivity contribution in [1.29, 1.82) is 0 Å². The highest BCUT2D eigenvalue weighted by atomic mass is 16.1. The van der Waals surface area contributed by atoms with Crippen LogP contribution >= 0.6 is 0 Å². The predicted octanol–water partition coefficient (Wildman–Crippen LogP) is 2.95. The van der Waals surface area contributed by atoms with Crippen LogP contribution in [0.4, 0.5) is 0 Å². The van der Waals surface area contributed by atoms with E-state index in [0.717, 1.165) is 13.0 Å². The van der Waals surface area contributed by atoms with Gasteiger partial charge < -0.3 is 0 Å². The van der Waals surface area contributed by atoms with Gasteiger partial charge in [0.05, 0.1) is 6.54 Å². The van der Waals surface area contributed by atoms with Gasteiger partial charge in [-0.25, -0.2) is 4.57 Å². The average Bonchev–Trinajstić information content (AvgIpc) is 2.80. The highest BCUT2D eigenvalue weighted by Gasteiger charge is 2.01. The summed E-state index contributed by atoms with van der Waals surface area (Å²) in [5.41, 5.74) is 0. The third-order valence-electron chi connectivity index (χ3n) is 3.10. The van der Waals surface area contributed by atoms with Crippen molar-refractivity contribution in [3.05, 3.63) is 18.7 Å². The van der Waals surface area contributed by atoms with E-state index >= 15 is 0 Å². The zero-order valence-electron chi connectivity index (χ0n) is 11.0. The summed E-state index contributed by atoms with van der Waals surface area (Å²) >= 11 is 0. The zero-order chi connectivity index (χ0) is 12.3. The maximum Gasteiger partial charge on any atom is 0.301 e. The maximum absolute atomic E-state index is 10.5. The van der Waals surface area contributed by atoms with Gasteiger partial charge in [-0.15, -0.1) is 0 Å². The first kappa shape index (κ1) is 13.9. The van der Waals surface area contributed by atoms with Crippen LogP contribution < -0.4 is 4.57 Å². The molecule has 0 atom stereocenters. The van der Waals surface area contributed by atoms with Gasteiger partial charge in [-0.2, -0.15) is 4.57 Å². The molecular formula is C14H25N2O+. The van der Waals surface area contributed by atoms with E-state index in [1.165, 1.54) is 51.4 Å². The van der Waals surface area contributed by atoms with Gasteiger partial charge >= 0.3 is 6.41 Å². The summed E-state index contributed by atoms with van der Waals surface area (Å²) in [5.74, 6) is 0. The van der Waals surface area contributed by atoms with Crippen LogP contribution in [0.15, 0.2) is 18.7 Å². The van der Waals surface area contributed by atoms with Crippen molar-refractivity contribution >= 4 is 6.41 Å². The smallest absolute Gasteiger partial charge is 0.250 e. The summed E-state index contributed by atoms with van der Waals surface area (Å²) in [6.07, 6.45) is 17.1. The van der Waals surface area contributed by atoms with Crippen LogP contribution in [0, 0.1) is 0 Å². The lowest BCUT2D eigenvalue weighted by atomic mass is 10.1. The van der Waals surface area contributed by atoms with Gasteiger partial charge in [0, 0.05) is 0 Å². The second kappa shape index (κ2) is 8.97. The number of unbranched alkanes of at least 4 members (excludes halogenated alkanes) is 7. The van der Waals surface area contributed by atoms with E-state index in [0.29, 0.717) is 0 Å². The van der Waals surface area contributed by atoms with Crippen molar-refractivity contribution in [3.8, 4) is 0 Å². The fourth-order valence-electron chi connectivity index (χ4n) is 2.03. The summed E-state index contributed by atoms with van der Waals surface area (Å²) in [6, 6.07) is 0. The van der Waals surface area contributed by atoms with E-state index in [2.05, 4.69) is 11.5 Å². The number of carbonyl (C=O) groups excluding carboxylic acids is 1. The van der Waals surface area contributed by atoms with E-state index in [-0.39, 0.29) is 0 Å². The Morgan fingerprint density at radius 1 is 1.06 bits per heavy atom. The average molecular weight is 237 g/mol. The Morgan fingerprint density at radius 3 is 2.29 bits per heavy atom. The lowest BCUT2D eigenvalue weighted by Gasteiger charge is -2.00. The van der Waals surface area contributed by atoms with E-state index in [1.54, 1.807) is 10.8 Å². The molecule has 0 bridgehead atoms. The fraction of sp³-hybridized carbons (Fsp3) is 0.714. The Balaban J connectivity index is 1.95. The number of rotatable bonds is 10. The Kier molecular flexibility index (Phi) is 7.35. The highest BCUT2D eigenvalue weighted by molar-refractivity contribution is 5.50. The number of aromatic nitrogens is 2. The molecule has 1 rings (SSSR count). The van der Waals surface area contributed by atoms with Crippen LogP contribution in [-0.4, -0.2) is 11.0 Å². The quantitative estimate of drug-likeness (QED) is 0.349. The van der Waals surface area contributed by atoms with E-state index in [4.69, 9.17) is 0 Å². The first-order valence-electron chi connectivity index (χ1n) is 6.88. The second-order valence-electron chi connectivity index (χ2n) is 4.68. The molecule has 0 N–H and O–H groups in total. The Hall–Kier alpha value is -1.12. The minimum absolute atomic E-state index is 0.824. The van der Waals surface area contributed by atoms with Gasteiger partial charge in [-0.1, -0.05) is 45.4 Å². The van der Waals surface area contributed by atoms with Crippen molar-refractivity contribution in [2.24, 2.45) is 0 Å². The molecule has 0 aliphatic carbocycles. The predicted molar refractivity (Wildman–Crippen MR) is 69.4 cm³/mol. The molecule has 1 heterocycles. The number of nitrogens with zero attached hydrogens (tertiary/aromatic N) is 2. The molecule has 0 aliphatic rings. The number of hydrogen-bond donors (Lipinski definition) is 0. The fourth-order valence-corrected chi connectivity index (χ4v) is 2.03. The Bertz CT molecular complexity index is 307. The molecule has 0 amide bonds. The largest absolute Gasteiger partial charge is 0.301 e. The molecule has 1 aromatic rings. The van der Waals surface area contributed by atoms with E-state index < -0.39 is 0 Å². The molecule has 0 aromatic carbocycles. The zero-order valence-corrected chi connectivity index (χ0v) is 11.0. The van der Waals surface area contributed by atoms with Crippen molar-refractivity contribution in [1.82, 2.24) is 4.57 Å². The summed E-state index contributed by atoms with van der Waals surface area (Å²) in [5, 5.41) is 0. The van der Waals surface area contributed by atoms with Gasteiger partial charge in [0.15, 0.2) is 0 Å². The molecule has 0 fully saturated rings. The monoisotopic (exact) mass is 237 g/mol. The molecule has 0 saturated carbocycles. The van der Waals surface area contributed by atoms with Crippen LogP contribution in [0.25, 0.3) is 0 Å². The lowest BCUT2D eigenvalue weighted by molar-refractivity contribution is -0.696. The number of imidazole rings is 1. The molecule has 17 heavy (non-hydrogen) atoms. The Labute approximate surface area is 104 Å². The first-order chi connectivity index (χ1) is 8.36. The topological polar surface area (TPSA) is 25.9 Å². The van der Waals surface area contributed by atoms with Crippen molar-refractivity contribution in [2.75, 3.05) is 0 Å². The second-order valence-corrected chi connectivity index (χ2v) is 4.68. The number of hydrogen-bond acceptors (Lipinski definition) is 1. The van der Waals surface area contributed by atoms with Gasteiger partial charge in [-0.05, 0) is 12.8 Å². The highest BCUT2D eigenvalue weighted by Crippen LogP contribution is 2.08. The molecular weight excluding hydrogens is 212 g/mol. The van der Waals surface area contributed by atoms with Crippen molar-refractivity contribution in [2.45, 2.75) is 64.8 Å². The van der Waals surface area contributed by atoms with Crippen LogP contribution in [0.5, 0.6) is 0 Å². The van der Waals surface area contributed by atoms with E-state index in [9.17, 15) is 4.79 Å². The maximum atomic E-state index is 10.5. The summed E-state index contributed by atoms with van der Waals surface area (Å²) < 4.78 is 3.62. The number of carbonyl (C=O) groups is 1. The van der Waals surface area contributed by atoms with Gasteiger partial charge in [-0.3, -0.25) is 4.79 Å². The molecule has 0 spiro atoms. The first-order valence-corrected chi connectivity index (χ1v) is 6.88. The molecule has 0 aliphatic heterocycles. The third-order valence-corrected chi connectivity index (χ3v) is 3.10. The van der Waals surface area contributed by atoms with Crippen LogP contribution in [-0.2, 0) is 11.3 Å². The molecule has 1 aromatic heterocycles. The molecule has 3 heteroatoms. The van der Waals surface area contributed by atoms with Crippen molar-refractivity contribution < 1.29 is 9.36 Å². The van der Waals surface area contributed by atoms with Crippen molar-refractivity contribution in [3.63, 3.8) is 0 Å². The molecule has 96 valence electrons. The van der Waals surface area contributed by atoms with Gasteiger partial charge in [0.25, 0.3) is 6.33 Å². The van der Waals surface area contributed by atoms with Gasteiger partial charge in [0.2, 0.25) is 0 Å². The minimum atomic E-state index is 0.824. The molecule has 3 nitrogen and oxygen atoms in total. The molecule has 0 saturated heterocycles. The minimum Gasteiger partial charge on any atom is -0.250 e. The summed E-state index contributed by atoms with van der Waals surface area (Å²) in [6.45, 7) is 3.28. The normalized spacial score (nSPS) is 10.6. The van der Waals surface area contributed by atoms with Crippen LogP contribution in [0.3, 0.4) is 0 Å². The summed E-state index contributed by atoms with van der Waals surface area (Å²) in [7, 11) is 0. The number of aryl methyl sites for hydroxylation is 1. The standard InChI is InChI=1S/C14H25N2O/c1-2-3-4-5-6-7-8-9-10-15-11-12-16(13-15)14-17/h11-14H,2-10H2,1H3/q+1. The van der Waals surface area contributed by atoms with E-state index in [1.807, 2.05) is 12.5 Å². The van der Waals surface area contributed by atoms with Crippen LogP contribution in [0.1, 0.15) is 58.3 Å². The Morgan fingerprint density at radius 2 is 1.71 bits per heavy atom. The van der Waals surface area contributed by atoms with Crippen LogP contribution in [0.2, 0.25) is 0 Å². The summed E-state index contributed by atoms with van der Waals surface area (Å²) in [4.78, 5) is 10.5. The SMILES string of the molecule is CCCCCCCCCC[n+]1ccn(C=O)c1. The molecule has 0 radical (unpaired) electrons.